The summed E-state index contributed by atoms with van der Waals surface area (Å²) in [5.41, 5.74) is 2.38. The second kappa shape index (κ2) is 6.73. The van der Waals surface area contributed by atoms with Gasteiger partial charge in [-0.05, 0) is 36.0 Å². The van der Waals surface area contributed by atoms with Gasteiger partial charge in [0.2, 0.25) is 0 Å². The highest BCUT2D eigenvalue weighted by Gasteiger charge is 2.31. The lowest BCUT2D eigenvalue weighted by molar-refractivity contribution is 0.157. The van der Waals surface area contributed by atoms with E-state index < -0.39 is 6.10 Å². The Hall–Kier alpha value is -1.16. The highest BCUT2D eigenvalue weighted by molar-refractivity contribution is 9.10. The molecular formula is C18H20BrNO. The van der Waals surface area contributed by atoms with E-state index >= 15 is 0 Å². The van der Waals surface area contributed by atoms with Crippen LogP contribution in [-0.2, 0) is 0 Å². The summed E-state index contributed by atoms with van der Waals surface area (Å²) in [6.45, 7) is 0.622. The summed E-state index contributed by atoms with van der Waals surface area (Å²) in [6, 6.07) is 18.8. The van der Waals surface area contributed by atoms with Crippen LogP contribution in [0.2, 0.25) is 0 Å². The Morgan fingerprint density at radius 2 is 1.71 bits per heavy atom. The molecule has 2 N–H and O–H groups in total. The summed E-state index contributed by atoms with van der Waals surface area (Å²) in [5, 5.41) is 13.6. The third kappa shape index (κ3) is 3.54. The molecule has 1 atom stereocenters. The van der Waals surface area contributed by atoms with Crippen LogP contribution >= 0.6 is 15.9 Å². The lowest BCUT2D eigenvalue weighted by Crippen LogP contribution is -2.41. The Kier molecular flexibility index (Phi) is 4.73. The van der Waals surface area contributed by atoms with Gasteiger partial charge < -0.3 is 10.4 Å². The molecule has 1 aliphatic carbocycles. The van der Waals surface area contributed by atoms with E-state index in [0.29, 0.717) is 18.5 Å². The highest BCUT2D eigenvalue weighted by atomic mass is 79.9. The number of halogens is 1. The number of rotatable bonds is 5. The number of benzene rings is 2. The second-order valence-electron chi connectivity index (χ2n) is 5.72. The van der Waals surface area contributed by atoms with Gasteiger partial charge in [-0.2, -0.15) is 0 Å². The van der Waals surface area contributed by atoms with Crippen molar-refractivity contribution in [2.24, 2.45) is 0 Å². The third-order valence-corrected chi connectivity index (χ3v) is 4.99. The molecule has 1 unspecified atom stereocenters. The van der Waals surface area contributed by atoms with Gasteiger partial charge in [0.1, 0.15) is 0 Å². The minimum Gasteiger partial charge on any atom is -0.387 e. The van der Waals surface area contributed by atoms with Crippen LogP contribution in [0.1, 0.15) is 36.0 Å². The second-order valence-corrected chi connectivity index (χ2v) is 6.58. The minimum atomic E-state index is -0.422. The molecule has 0 radical (unpaired) electrons. The number of nitrogens with one attached hydrogen (secondary N) is 1. The van der Waals surface area contributed by atoms with E-state index in [9.17, 15) is 5.11 Å². The maximum atomic E-state index is 10.1. The van der Waals surface area contributed by atoms with E-state index in [1.807, 2.05) is 30.3 Å². The van der Waals surface area contributed by atoms with E-state index in [4.69, 9.17) is 0 Å². The fraction of sp³-hybridized carbons (Fsp3) is 0.333. The van der Waals surface area contributed by atoms with Gasteiger partial charge in [-0.3, -0.25) is 0 Å². The summed E-state index contributed by atoms with van der Waals surface area (Å²) < 4.78 is 1.21. The molecule has 2 aromatic carbocycles. The summed E-state index contributed by atoms with van der Waals surface area (Å²) in [7, 11) is 0. The Bertz CT molecular complexity index is 581. The molecule has 0 aromatic heterocycles. The van der Waals surface area contributed by atoms with Gasteiger partial charge in [0, 0.05) is 17.1 Å². The van der Waals surface area contributed by atoms with Crippen molar-refractivity contribution < 1.29 is 5.11 Å². The molecule has 1 saturated carbocycles. The lowest BCUT2D eigenvalue weighted by atomic mass is 9.76. The number of hydrogen-bond acceptors (Lipinski definition) is 2. The van der Waals surface area contributed by atoms with E-state index in [0.717, 1.165) is 18.4 Å². The van der Waals surface area contributed by atoms with Crippen LogP contribution in [0, 0.1) is 0 Å². The maximum absolute atomic E-state index is 10.1. The summed E-state index contributed by atoms with van der Waals surface area (Å²) in [6.07, 6.45) is 1.86. The number of aliphatic hydroxyl groups is 1. The van der Waals surface area contributed by atoms with Crippen molar-refractivity contribution >= 4 is 15.9 Å². The number of hydrogen-bond donors (Lipinski definition) is 2. The van der Waals surface area contributed by atoms with Gasteiger partial charge in [0.25, 0.3) is 0 Å². The summed E-state index contributed by atoms with van der Waals surface area (Å²) in [4.78, 5) is 0. The Morgan fingerprint density at radius 1 is 1.05 bits per heavy atom. The molecule has 21 heavy (non-hydrogen) atoms. The van der Waals surface area contributed by atoms with Crippen LogP contribution in [0.4, 0.5) is 0 Å². The van der Waals surface area contributed by atoms with Crippen LogP contribution in [0.5, 0.6) is 0 Å². The van der Waals surface area contributed by atoms with Crippen molar-refractivity contribution in [3.63, 3.8) is 0 Å². The predicted octanol–water partition coefficient (Wildman–Crippen LogP) is 4.02. The van der Waals surface area contributed by atoms with Crippen LogP contribution in [0.3, 0.4) is 0 Å². The molecule has 110 valence electrons. The third-order valence-electron chi connectivity index (χ3n) is 4.27. The molecule has 1 fully saturated rings. The first-order valence-corrected chi connectivity index (χ1v) is 8.24. The van der Waals surface area contributed by atoms with Crippen LogP contribution in [-0.4, -0.2) is 17.7 Å². The molecule has 0 saturated heterocycles. The first-order valence-electron chi connectivity index (χ1n) is 7.45. The topological polar surface area (TPSA) is 32.3 Å². The molecule has 3 heteroatoms. The molecule has 0 aliphatic heterocycles. The molecule has 0 spiro atoms. The molecule has 0 amide bonds. The first-order chi connectivity index (χ1) is 10.2. The first kappa shape index (κ1) is 14.8. The van der Waals surface area contributed by atoms with Crippen molar-refractivity contribution in [1.82, 2.24) is 5.32 Å². The fourth-order valence-electron chi connectivity index (χ4n) is 2.92. The van der Waals surface area contributed by atoms with Crippen molar-refractivity contribution in [2.75, 3.05) is 6.54 Å². The van der Waals surface area contributed by atoms with Gasteiger partial charge in [-0.25, -0.2) is 0 Å². The van der Waals surface area contributed by atoms with Gasteiger partial charge in [-0.15, -0.1) is 0 Å². The zero-order chi connectivity index (χ0) is 14.7. The Morgan fingerprint density at radius 3 is 2.43 bits per heavy atom. The Labute approximate surface area is 134 Å². The van der Waals surface area contributed by atoms with Gasteiger partial charge >= 0.3 is 0 Å². The quantitative estimate of drug-likeness (QED) is 0.857. The van der Waals surface area contributed by atoms with Gasteiger partial charge in [-0.1, -0.05) is 64.5 Å². The summed E-state index contributed by atoms with van der Waals surface area (Å²) >= 11 is 3.62. The van der Waals surface area contributed by atoms with E-state index in [-0.39, 0.29) is 0 Å². The zero-order valence-electron chi connectivity index (χ0n) is 11.9. The van der Waals surface area contributed by atoms with Crippen molar-refractivity contribution in [3.05, 3.63) is 70.2 Å². The standard InChI is InChI=1S/C18H20BrNO/c19-17-9-5-4-8-16(17)14-10-15(11-14)20-12-18(21)13-6-2-1-3-7-13/h1-9,14-15,18,20-21H,10-12H2. The summed E-state index contributed by atoms with van der Waals surface area (Å²) in [5.74, 6) is 0.631. The molecule has 2 aromatic rings. The maximum Gasteiger partial charge on any atom is 0.0914 e. The Balaban J connectivity index is 1.46. The monoisotopic (exact) mass is 345 g/mol. The molecule has 3 rings (SSSR count). The normalized spacial score (nSPS) is 22.6. The molecule has 0 bridgehead atoms. The van der Waals surface area contributed by atoms with E-state index in [2.05, 4.69) is 45.5 Å². The smallest absolute Gasteiger partial charge is 0.0914 e. The number of aliphatic hydroxyl groups excluding tert-OH is 1. The molecule has 2 nitrogen and oxygen atoms in total. The zero-order valence-corrected chi connectivity index (χ0v) is 13.5. The van der Waals surface area contributed by atoms with Crippen LogP contribution < -0.4 is 5.32 Å². The average Bonchev–Trinajstić information content (AvgIpc) is 2.48. The van der Waals surface area contributed by atoms with Crippen molar-refractivity contribution in [3.8, 4) is 0 Å². The molecule has 1 aliphatic rings. The fourth-order valence-corrected chi connectivity index (χ4v) is 3.52. The van der Waals surface area contributed by atoms with Crippen LogP contribution in [0.15, 0.2) is 59.1 Å². The minimum absolute atomic E-state index is 0.422. The largest absolute Gasteiger partial charge is 0.387 e. The SMILES string of the molecule is OC(CNC1CC(c2ccccc2Br)C1)c1ccccc1. The highest BCUT2D eigenvalue weighted by Crippen LogP contribution is 2.40. The van der Waals surface area contributed by atoms with Crippen molar-refractivity contribution in [2.45, 2.75) is 30.9 Å². The predicted molar refractivity (Wildman–Crippen MR) is 89.3 cm³/mol. The lowest BCUT2D eigenvalue weighted by Gasteiger charge is -2.37. The van der Waals surface area contributed by atoms with E-state index in [1.54, 1.807) is 0 Å². The molecular weight excluding hydrogens is 326 g/mol. The van der Waals surface area contributed by atoms with Gasteiger partial charge in [0.15, 0.2) is 0 Å². The average molecular weight is 346 g/mol. The van der Waals surface area contributed by atoms with Crippen molar-refractivity contribution in [1.29, 1.82) is 0 Å². The van der Waals surface area contributed by atoms with Crippen LogP contribution in [0.25, 0.3) is 0 Å². The van der Waals surface area contributed by atoms with Gasteiger partial charge in [0.05, 0.1) is 6.10 Å². The molecule has 0 heterocycles. The van der Waals surface area contributed by atoms with E-state index in [1.165, 1.54) is 10.0 Å².